The van der Waals surface area contributed by atoms with E-state index in [1.54, 1.807) is 10.6 Å². The Bertz CT molecular complexity index is 1380. The van der Waals surface area contributed by atoms with E-state index in [-0.39, 0.29) is 18.8 Å². The van der Waals surface area contributed by atoms with Crippen molar-refractivity contribution in [3.63, 3.8) is 0 Å². The molecule has 0 saturated carbocycles. The number of anilines is 2. The molecule has 12 nitrogen and oxygen atoms in total. The molecule has 4 atom stereocenters. The van der Waals surface area contributed by atoms with Crippen LogP contribution < -0.4 is 10.6 Å². The number of hydrogen-bond donors (Lipinski definition) is 4. The molecular formula is C21H20N6O6P+. The monoisotopic (exact) mass is 483 g/mol. The average molecular weight is 483 g/mol. The lowest BCUT2D eigenvalue weighted by Gasteiger charge is -2.13. The second-order valence-electron chi connectivity index (χ2n) is 7.58. The van der Waals surface area contributed by atoms with Gasteiger partial charge in [-0.25, -0.2) is 19.7 Å². The number of carbonyl (C=O) groups excluding carboxylic acids is 1. The molecule has 1 fully saturated rings. The number of rotatable bonds is 6. The van der Waals surface area contributed by atoms with Gasteiger partial charge in [0, 0.05) is 16.4 Å². The van der Waals surface area contributed by atoms with Crippen LogP contribution in [-0.4, -0.2) is 54.4 Å². The minimum Gasteiger partial charge on any atom is -0.394 e. The number of aliphatic hydroxyl groups is 1. The third-order valence-electron chi connectivity index (χ3n) is 5.52. The van der Waals surface area contributed by atoms with Crippen LogP contribution in [0.25, 0.3) is 21.9 Å². The molecule has 1 aliphatic rings. The van der Waals surface area contributed by atoms with Crippen LogP contribution in [0.2, 0.25) is 0 Å². The van der Waals surface area contributed by atoms with Gasteiger partial charge in [-0.05, 0) is 11.5 Å². The number of hydrogen-bond acceptors (Lipinski definition) is 8. The highest BCUT2D eigenvalue weighted by atomic mass is 31.1. The van der Waals surface area contributed by atoms with Gasteiger partial charge in [0.1, 0.15) is 24.8 Å². The maximum atomic E-state index is 12.7. The zero-order valence-electron chi connectivity index (χ0n) is 17.6. The van der Waals surface area contributed by atoms with Crippen LogP contribution in [0.15, 0.2) is 55.1 Å². The SMILES string of the molecule is O=C(Nc1cccc2ccccc12)Nc1ncnc2c1ncn2[C@H]1C[C@H](O[P+](=O)O)[C@@H](CO)O1. The van der Waals surface area contributed by atoms with E-state index in [0.29, 0.717) is 16.9 Å². The van der Waals surface area contributed by atoms with Crippen molar-refractivity contribution in [1.82, 2.24) is 19.5 Å². The van der Waals surface area contributed by atoms with Crippen LogP contribution in [0.4, 0.5) is 16.3 Å². The Morgan fingerprint density at radius 1 is 1.18 bits per heavy atom. The molecule has 0 spiro atoms. The number of fused-ring (bicyclic) bond motifs is 2. The molecular weight excluding hydrogens is 463 g/mol. The molecule has 0 aliphatic carbocycles. The molecule has 13 heteroatoms. The highest BCUT2D eigenvalue weighted by Crippen LogP contribution is 2.36. The Labute approximate surface area is 193 Å². The Balaban J connectivity index is 1.36. The molecule has 34 heavy (non-hydrogen) atoms. The van der Waals surface area contributed by atoms with Crippen molar-refractivity contribution in [3.05, 3.63) is 55.1 Å². The topological polar surface area (TPSA) is 161 Å². The summed E-state index contributed by atoms with van der Waals surface area (Å²) in [4.78, 5) is 34.5. The van der Waals surface area contributed by atoms with Crippen LogP contribution in [0.3, 0.4) is 0 Å². The average Bonchev–Trinajstić information content (AvgIpc) is 3.43. The molecule has 2 amide bonds. The molecule has 4 N–H and O–H groups in total. The van der Waals surface area contributed by atoms with E-state index in [4.69, 9.17) is 14.2 Å². The highest BCUT2D eigenvalue weighted by Gasteiger charge is 2.42. The molecule has 174 valence electrons. The number of urea groups is 1. The highest BCUT2D eigenvalue weighted by molar-refractivity contribution is 7.32. The van der Waals surface area contributed by atoms with Gasteiger partial charge in [0.05, 0.1) is 18.6 Å². The predicted octanol–water partition coefficient (Wildman–Crippen LogP) is 2.94. The molecule has 1 unspecified atom stereocenters. The molecule has 2 aromatic heterocycles. The van der Waals surface area contributed by atoms with Gasteiger partial charge in [-0.1, -0.05) is 36.4 Å². The smallest absolute Gasteiger partial charge is 0.394 e. The van der Waals surface area contributed by atoms with Crippen molar-refractivity contribution in [2.24, 2.45) is 0 Å². The van der Waals surface area contributed by atoms with Gasteiger partial charge in [-0.2, -0.15) is 0 Å². The second-order valence-corrected chi connectivity index (χ2v) is 8.27. The quantitative estimate of drug-likeness (QED) is 0.302. The van der Waals surface area contributed by atoms with Gasteiger partial charge in [0.25, 0.3) is 0 Å². The van der Waals surface area contributed by atoms with Gasteiger partial charge in [0.15, 0.2) is 17.0 Å². The van der Waals surface area contributed by atoms with E-state index in [2.05, 4.69) is 25.6 Å². The first-order valence-electron chi connectivity index (χ1n) is 10.4. The second kappa shape index (κ2) is 9.37. The van der Waals surface area contributed by atoms with Crippen molar-refractivity contribution in [1.29, 1.82) is 0 Å². The van der Waals surface area contributed by atoms with Crippen molar-refractivity contribution in [2.45, 2.75) is 24.9 Å². The Hall–Kier alpha value is -3.54. The van der Waals surface area contributed by atoms with Crippen molar-refractivity contribution < 1.29 is 28.6 Å². The number of aromatic nitrogens is 4. The fourth-order valence-corrected chi connectivity index (χ4v) is 4.47. The van der Waals surface area contributed by atoms with E-state index in [9.17, 15) is 14.5 Å². The van der Waals surface area contributed by atoms with Gasteiger partial charge < -0.3 is 15.2 Å². The number of ether oxygens (including phenoxy) is 1. The Morgan fingerprint density at radius 2 is 2.00 bits per heavy atom. The molecule has 0 radical (unpaired) electrons. The third-order valence-corrected chi connectivity index (χ3v) is 5.98. The molecule has 3 heterocycles. The Kier molecular flexibility index (Phi) is 6.14. The summed E-state index contributed by atoms with van der Waals surface area (Å²) < 4.78 is 23.4. The van der Waals surface area contributed by atoms with E-state index >= 15 is 0 Å². The van der Waals surface area contributed by atoms with Gasteiger partial charge >= 0.3 is 14.3 Å². The molecule has 1 aliphatic heterocycles. The van der Waals surface area contributed by atoms with Crippen LogP contribution in [-0.2, 0) is 13.8 Å². The molecule has 4 aromatic rings. The maximum Gasteiger partial charge on any atom is 0.695 e. The van der Waals surface area contributed by atoms with Crippen molar-refractivity contribution >= 4 is 47.7 Å². The lowest BCUT2D eigenvalue weighted by molar-refractivity contribution is -0.0394. The number of benzene rings is 2. The van der Waals surface area contributed by atoms with Gasteiger partial charge in [-0.3, -0.25) is 9.88 Å². The number of aliphatic hydroxyl groups excluding tert-OH is 1. The summed E-state index contributed by atoms with van der Waals surface area (Å²) >= 11 is 0. The molecule has 5 rings (SSSR count). The lowest BCUT2D eigenvalue weighted by Crippen LogP contribution is -2.25. The zero-order chi connectivity index (χ0) is 23.7. The number of nitrogens with one attached hydrogen (secondary N) is 2. The first-order valence-corrected chi connectivity index (χ1v) is 11.5. The minimum absolute atomic E-state index is 0.199. The summed E-state index contributed by atoms with van der Waals surface area (Å²) in [6, 6.07) is 12.8. The largest absolute Gasteiger partial charge is 0.695 e. The van der Waals surface area contributed by atoms with Gasteiger partial charge in [-0.15, -0.1) is 9.42 Å². The van der Waals surface area contributed by atoms with E-state index in [1.165, 1.54) is 12.7 Å². The fraction of sp³-hybridized carbons (Fsp3) is 0.238. The summed E-state index contributed by atoms with van der Waals surface area (Å²) in [5.74, 6) is 0.199. The summed E-state index contributed by atoms with van der Waals surface area (Å²) in [6.45, 7) is -0.382. The molecule has 2 aromatic carbocycles. The summed E-state index contributed by atoms with van der Waals surface area (Å²) in [6.07, 6.45) is 0.756. The standard InChI is InChI=1S/C21H19N6O6P/c28-9-16-15(33-34(30)31)8-17(32-16)27-11-24-18-19(22-10-23-20(18)27)26-21(29)25-14-7-3-5-12-4-1-2-6-13(12)14/h1-7,10-11,15-17,28H,8-9H2,(H2-,22,23,25,26,29,30,31)/p+1/t15-,16+,17+/m0/s1. The van der Waals surface area contributed by atoms with Crippen LogP contribution in [0, 0.1) is 0 Å². The van der Waals surface area contributed by atoms with E-state index in [0.717, 1.165) is 10.8 Å². The van der Waals surface area contributed by atoms with Crippen LogP contribution in [0.5, 0.6) is 0 Å². The van der Waals surface area contributed by atoms with E-state index < -0.39 is 32.7 Å². The first kappa shape index (κ1) is 22.3. The third kappa shape index (κ3) is 4.32. The number of imidazole rings is 1. The Morgan fingerprint density at radius 3 is 2.82 bits per heavy atom. The maximum absolute atomic E-state index is 12.7. The van der Waals surface area contributed by atoms with Gasteiger partial charge in [0.2, 0.25) is 0 Å². The molecule has 0 bridgehead atoms. The van der Waals surface area contributed by atoms with Crippen molar-refractivity contribution in [3.8, 4) is 0 Å². The fourth-order valence-electron chi connectivity index (χ4n) is 4.01. The van der Waals surface area contributed by atoms with Crippen LogP contribution in [0.1, 0.15) is 12.6 Å². The predicted molar refractivity (Wildman–Crippen MR) is 122 cm³/mol. The number of amides is 2. The first-order chi connectivity index (χ1) is 16.5. The summed E-state index contributed by atoms with van der Waals surface area (Å²) in [5.41, 5.74) is 1.36. The summed E-state index contributed by atoms with van der Waals surface area (Å²) in [5, 5.41) is 16.9. The van der Waals surface area contributed by atoms with Crippen molar-refractivity contribution in [2.75, 3.05) is 17.2 Å². The number of nitrogens with zero attached hydrogens (tertiary/aromatic N) is 4. The summed E-state index contributed by atoms with van der Waals surface area (Å²) in [7, 11) is -2.85. The lowest BCUT2D eigenvalue weighted by atomic mass is 10.1. The minimum atomic E-state index is -2.85. The molecule has 1 saturated heterocycles. The van der Waals surface area contributed by atoms with E-state index in [1.807, 2.05) is 36.4 Å². The normalized spacial score (nSPS) is 20.5. The van der Waals surface area contributed by atoms with Crippen LogP contribution >= 0.6 is 8.25 Å². The number of carbonyl (C=O) groups is 1. The zero-order valence-corrected chi connectivity index (χ0v) is 18.5.